The maximum atomic E-state index is 12.3. The second-order valence-corrected chi connectivity index (χ2v) is 4.67. The van der Waals surface area contributed by atoms with E-state index >= 15 is 0 Å². The molecule has 2 aromatic rings. The van der Waals surface area contributed by atoms with E-state index in [1.54, 1.807) is 4.90 Å². The van der Waals surface area contributed by atoms with Gasteiger partial charge in [0.05, 0.1) is 11.2 Å². The summed E-state index contributed by atoms with van der Waals surface area (Å²) in [5.41, 5.74) is 7.96. The quantitative estimate of drug-likeness (QED) is 0.816. The number of hydrogen-bond donors (Lipinski definition) is 2. The van der Waals surface area contributed by atoms with E-state index in [0.29, 0.717) is 11.4 Å². The Labute approximate surface area is 107 Å². The molecular formula is C14H19N3O. The number of aromatic amines is 1. The summed E-state index contributed by atoms with van der Waals surface area (Å²) in [5.74, 6) is -0.0000463. The zero-order chi connectivity index (χ0) is 13.3. The van der Waals surface area contributed by atoms with Crippen LogP contribution in [0.2, 0.25) is 0 Å². The lowest BCUT2D eigenvalue weighted by atomic mass is 10.2. The van der Waals surface area contributed by atoms with Gasteiger partial charge in [-0.2, -0.15) is 0 Å². The van der Waals surface area contributed by atoms with Crippen LogP contribution < -0.4 is 5.73 Å². The van der Waals surface area contributed by atoms with Crippen LogP contribution in [-0.4, -0.2) is 28.9 Å². The van der Waals surface area contributed by atoms with Crippen molar-refractivity contribution >= 4 is 22.5 Å². The monoisotopic (exact) mass is 245 g/mol. The number of nitrogen functional groups attached to an aromatic ring is 1. The number of rotatable bonds is 3. The summed E-state index contributed by atoms with van der Waals surface area (Å²) in [6, 6.07) is 7.74. The Bertz CT molecular complexity index is 573. The third kappa shape index (κ3) is 2.06. The van der Waals surface area contributed by atoms with Crippen molar-refractivity contribution in [2.45, 2.75) is 26.3 Å². The Kier molecular flexibility index (Phi) is 3.28. The minimum absolute atomic E-state index is 0.0000463. The van der Waals surface area contributed by atoms with Crippen LogP contribution in [0.25, 0.3) is 10.9 Å². The molecule has 0 bridgehead atoms. The Hall–Kier alpha value is -1.97. The summed E-state index contributed by atoms with van der Waals surface area (Å²) in [6.07, 6.45) is 0.935. The number of para-hydroxylation sites is 1. The van der Waals surface area contributed by atoms with E-state index < -0.39 is 0 Å². The van der Waals surface area contributed by atoms with Crippen molar-refractivity contribution in [3.63, 3.8) is 0 Å². The van der Waals surface area contributed by atoms with Gasteiger partial charge in [0.25, 0.3) is 5.91 Å². The summed E-state index contributed by atoms with van der Waals surface area (Å²) in [7, 11) is 1.82. The van der Waals surface area contributed by atoms with Crippen molar-refractivity contribution in [1.82, 2.24) is 9.88 Å². The van der Waals surface area contributed by atoms with Gasteiger partial charge >= 0.3 is 0 Å². The standard InChI is InChI=1S/C14H19N3O/c1-4-9(2)17(3)14(18)12-8-10-6-5-7-11(15)13(10)16-12/h5-9,16H,4,15H2,1-3H3. The smallest absolute Gasteiger partial charge is 0.270 e. The molecule has 18 heavy (non-hydrogen) atoms. The molecule has 4 nitrogen and oxygen atoms in total. The van der Waals surface area contributed by atoms with E-state index in [-0.39, 0.29) is 11.9 Å². The summed E-state index contributed by atoms with van der Waals surface area (Å²) < 4.78 is 0. The summed E-state index contributed by atoms with van der Waals surface area (Å²) in [6.45, 7) is 4.10. The molecule has 3 N–H and O–H groups in total. The van der Waals surface area contributed by atoms with Gasteiger partial charge in [-0.05, 0) is 25.5 Å². The van der Waals surface area contributed by atoms with Gasteiger partial charge in [-0.15, -0.1) is 0 Å². The number of fused-ring (bicyclic) bond motifs is 1. The predicted octanol–water partition coefficient (Wildman–Crippen LogP) is 2.62. The van der Waals surface area contributed by atoms with Gasteiger partial charge in [0.2, 0.25) is 0 Å². The molecule has 2 rings (SSSR count). The van der Waals surface area contributed by atoms with E-state index in [9.17, 15) is 4.79 Å². The lowest BCUT2D eigenvalue weighted by Crippen LogP contribution is -2.34. The SMILES string of the molecule is CCC(C)N(C)C(=O)c1cc2cccc(N)c2[nH]1. The number of H-pyrrole nitrogens is 1. The van der Waals surface area contributed by atoms with Crippen LogP contribution in [0.4, 0.5) is 5.69 Å². The van der Waals surface area contributed by atoms with Gasteiger partial charge < -0.3 is 15.6 Å². The summed E-state index contributed by atoms with van der Waals surface area (Å²) >= 11 is 0. The molecule has 0 aliphatic rings. The molecular weight excluding hydrogens is 226 g/mol. The van der Waals surface area contributed by atoms with Crippen molar-refractivity contribution in [1.29, 1.82) is 0 Å². The van der Waals surface area contributed by atoms with Crippen LogP contribution in [0.5, 0.6) is 0 Å². The van der Waals surface area contributed by atoms with Crippen molar-refractivity contribution in [3.8, 4) is 0 Å². The van der Waals surface area contributed by atoms with Crippen LogP contribution >= 0.6 is 0 Å². The number of nitrogens with zero attached hydrogens (tertiary/aromatic N) is 1. The van der Waals surface area contributed by atoms with Crippen LogP contribution in [0.15, 0.2) is 24.3 Å². The largest absolute Gasteiger partial charge is 0.397 e. The first kappa shape index (κ1) is 12.5. The van der Waals surface area contributed by atoms with E-state index in [1.807, 2.05) is 38.2 Å². The molecule has 0 radical (unpaired) electrons. The number of benzene rings is 1. The minimum Gasteiger partial charge on any atom is -0.397 e. The zero-order valence-corrected chi connectivity index (χ0v) is 11.0. The van der Waals surface area contributed by atoms with Crippen LogP contribution in [0.1, 0.15) is 30.8 Å². The van der Waals surface area contributed by atoms with Gasteiger partial charge in [0.1, 0.15) is 5.69 Å². The van der Waals surface area contributed by atoms with Gasteiger partial charge in [-0.3, -0.25) is 4.79 Å². The minimum atomic E-state index is -0.0000463. The van der Waals surface area contributed by atoms with Crippen molar-refractivity contribution in [2.24, 2.45) is 0 Å². The molecule has 4 heteroatoms. The third-order valence-electron chi connectivity index (χ3n) is 3.49. The molecule has 1 amide bonds. The summed E-state index contributed by atoms with van der Waals surface area (Å²) in [5, 5.41) is 0.968. The highest BCUT2D eigenvalue weighted by Gasteiger charge is 2.18. The fourth-order valence-corrected chi connectivity index (χ4v) is 1.96. The highest BCUT2D eigenvalue weighted by Crippen LogP contribution is 2.22. The van der Waals surface area contributed by atoms with Crippen LogP contribution in [0.3, 0.4) is 0 Å². The maximum Gasteiger partial charge on any atom is 0.270 e. The lowest BCUT2D eigenvalue weighted by Gasteiger charge is -2.23. The van der Waals surface area contributed by atoms with E-state index in [2.05, 4.69) is 11.9 Å². The second-order valence-electron chi connectivity index (χ2n) is 4.67. The first-order chi connectivity index (χ1) is 8.54. The van der Waals surface area contributed by atoms with Gasteiger partial charge in [0.15, 0.2) is 0 Å². The lowest BCUT2D eigenvalue weighted by molar-refractivity contribution is 0.0735. The molecule has 0 spiro atoms. The molecule has 1 unspecified atom stereocenters. The van der Waals surface area contributed by atoms with Crippen LogP contribution in [0, 0.1) is 0 Å². The third-order valence-corrected chi connectivity index (χ3v) is 3.49. The first-order valence-electron chi connectivity index (χ1n) is 6.19. The molecule has 0 saturated heterocycles. The molecule has 0 aliphatic heterocycles. The fourth-order valence-electron chi connectivity index (χ4n) is 1.96. The molecule has 1 heterocycles. The Morgan fingerprint density at radius 2 is 2.22 bits per heavy atom. The zero-order valence-electron chi connectivity index (χ0n) is 11.0. The topological polar surface area (TPSA) is 62.1 Å². The normalized spacial score (nSPS) is 12.6. The van der Waals surface area contributed by atoms with E-state index in [4.69, 9.17) is 5.73 Å². The average molecular weight is 245 g/mol. The van der Waals surface area contributed by atoms with E-state index in [0.717, 1.165) is 17.3 Å². The first-order valence-corrected chi connectivity index (χ1v) is 6.19. The van der Waals surface area contributed by atoms with Crippen molar-refractivity contribution in [3.05, 3.63) is 30.0 Å². The highest BCUT2D eigenvalue weighted by molar-refractivity contribution is 6.00. The molecule has 1 aromatic carbocycles. The second kappa shape index (κ2) is 4.72. The number of amides is 1. The number of carbonyl (C=O) groups excluding carboxylic acids is 1. The number of nitrogens with one attached hydrogen (secondary N) is 1. The number of nitrogens with two attached hydrogens (primary N) is 1. The highest BCUT2D eigenvalue weighted by atomic mass is 16.2. The number of anilines is 1. The Morgan fingerprint density at radius 3 is 2.83 bits per heavy atom. The van der Waals surface area contributed by atoms with Crippen molar-refractivity contribution < 1.29 is 4.79 Å². The number of hydrogen-bond acceptors (Lipinski definition) is 2. The Balaban J connectivity index is 2.37. The maximum absolute atomic E-state index is 12.3. The Morgan fingerprint density at radius 1 is 1.50 bits per heavy atom. The molecule has 1 atom stereocenters. The average Bonchev–Trinajstić information content (AvgIpc) is 2.81. The van der Waals surface area contributed by atoms with Crippen molar-refractivity contribution in [2.75, 3.05) is 12.8 Å². The molecule has 0 saturated carbocycles. The van der Waals surface area contributed by atoms with Gasteiger partial charge in [0, 0.05) is 18.5 Å². The van der Waals surface area contributed by atoms with E-state index in [1.165, 1.54) is 0 Å². The van der Waals surface area contributed by atoms with Gasteiger partial charge in [-0.25, -0.2) is 0 Å². The fraction of sp³-hybridized carbons (Fsp3) is 0.357. The predicted molar refractivity (Wildman–Crippen MR) is 74.6 cm³/mol. The molecule has 1 aromatic heterocycles. The molecule has 0 fully saturated rings. The van der Waals surface area contributed by atoms with Gasteiger partial charge in [-0.1, -0.05) is 19.1 Å². The van der Waals surface area contributed by atoms with Crippen LogP contribution in [-0.2, 0) is 0 Å². The number of carbonyl (C=O) groups is 1. The molecule has 0 aliphatic carbocycles. The number of aromatic nitrogens is 1. The molecule has 96 valence electrons. The summed E-state index contributed by atoms with van der Waals surface area (Å²) in [4.78, 5) is 17.1.